The fourth-order valence-corrected chi connectivity index (χ4v) is 3.19. The maximum atomic E-state index is 14.1. The van der Waals surface area contributed by atoms with Crippen LogP contribution in [0, 0.1) is 5.82 Å². The number of benzene rings is 1. The predicted octanol–water partition coefficient (Wildman–Crippen LogP) is 2.95. The molecule has 1 aromatic heterocycles. The van der Waals surface area contributed by atoms with Crippen LogP contribution in [0.15, 0.2) is 18.2 Å². The van der Waals surface area contributed by atoms with Gasteiger partial charge >= 0.3 is 0 Å². The van der Waals surface area contributed by atoms with Gasteiger partial charge in [-0.25, -0.2) is 8.78 Å². The number of aliphatic hydroxyl groups excluding tert-OH is 1. The Hall–Kier alpha value is -1.46. The topological polar surface area (TPSA) is 39.3 Å². The average molecular weight is 294 g/mol. The van der Waals surface area contributed by atoms with Gasteiger partial charge in [-0.3, -0.25) is 4.90 Å². The van der Waals surface area contributed by atoms with Crippen LogP contribution >= 0.6 is 0 Å². The first-order chi connectivity index (χ1) is 9.91. The van der Waals surface area contributed by atoms with Crippen molar-refractivity contribution in [2.24, 2.45) is 0 Å². The number of halogens is 2. The summed E-state index contributed by atoms with van der Waals surface area (Å²) >= 11 is 0. The molecule has 0 amide bonds. The number of hydrogen-bond acceptors (Lipinski definition) is 2. The van der Waals surface area contributed by atoms with Crippen LogP contribution in [0.5, 0.6) is 0 Å². The Morgan fingerprint density at radius 3 is 2.95 bits per heavy atom. The minimum Gasteiger partial charge on any atom is -0.393 e. The minimum atomic E-state index is -1.61. The molecule has 0 fully saturated rings. The van der Waals surface area contributed by atoms with Gasteiger partial charge in [0.05, 0.1) is 6.61 Å². The zero-order chi connectivity index (χ0) is 15.2. The molecular formula is C16H20F2N2O. The van der Waals surface area contributed by atoms with Crippen LogP contribution < -0.4 is 0 Å². The highest BCUT2D eigenvalue weighted by atomic mass is 19.1. The number of H-pyrrole nitrogens is 1. The van der Waals surface area contributed by atoms with Gasteiger partial charge in [0.25, 0.3) is 0 Å². The highest BCUT2D eigenvalue weighted by Gasteiger charge is 2.33. The molecule has 2 unspecified atom stereocenters. The Morgan fingerprint density at radius 1 is 1.48 bits per heavy atom. The third-order valence-corrected chi connectivity index (χ3v) is 4.38. The number of hydrogen-bond donors (Lipinski definition) is 2. The summed E-state index contributed by atoms with van der Waals surface area (Å²) in [6, 6.07) is 4.76. The van der Waals surface area contributed by atoms with Gasteiger partial charge < -0.3 is 10.1 Å². The molecule has 2 atom stereocenters. The summed E-state index contributed by atoms with van der Waals surface area (Å²) in [5, 5.41) is 10.0. The van der Waals surface area contributed by atoms with Gasteiger partial charge in [0.1, 0.15) is 11.5 Å². The number of nitrogens with one attached hydrogen (secondary N) is 1. The number of nitrogens with zero attached hydrogens (tertiary/aromatic N) is 1. The lowest BCUT2D eigenvalue weighted by atomic mass is 9.96. The quantitative estimate of drug-likeness (QED) is 0.913. The Balaban J connectivity index is 1.95. The Labute approximate surface area is 122 Å². The monoisotopic (exact) mass is 294 g/mol. The zero-order valence-corrected chi connectivity index (χ0v) is 12.3. The molecule has 3 nitrogen and oxygen atoms in total. The van der Waals surface area contributed by atoms with Crippen molar-refractivity contribution in [2.75, 3.05) is 19.7 Å². The van der Waals surface area contributed by atoms with Crippen molar-refractivity contribution in [3.05, 3.63) is 35.3 Å². The molecule has 2 N–H and O–H groups in total. The molecule has 0 bridgehead atoms. The van der Waals surface area contributed by atoms with Crippen molar-refractivity contribution in [1.82, 2.24) is 9.88 Å². The molecule has 114 valence electrons. The van der Waals surface area contributed by atoms with Crippen LogP contribution in [0.1, 0.15) is 31.1 Å². The smallest absolute Gasteiger partial charge is 0.143 e. The van der Waals surface area contributed by atoms with Crippen LogP contribution in [0.3, 0.4) is 0 Å². The van der Waals surface area contributed by atoms with E-state index in [0.29, 0.717) is 6.54 Å². The van der Waals surface area contributed by atoms with Crippen molar-refractivity contribution >= 4 is 10.9 Å². The molecular weight excluding hydrogens is 274 g/mol. The second-order valence-electron chi connectivity index (χ2n) is 6.18. The first kappa shape index (κ1) is 14.5. The van der Waals surface area contributed by atoms with Crippen molar-refractivity contribution in [2.45, 2.75) is 32.0 Å². The van der Waals surface area contributed by atoms with E-state index in [9.17, 15) is 8.78 Å². The van der Waals surface area contributed by atoms with Crippen molar-refractivity contribution in [3.8, 4) is 0 Å². The summed E-state index contributed by atoms with van der Waals surface area (Å²) in [6.45, 7) is 3.83. The summed E-state index contributed by atoms with van der Waals surface area (Å²) < 4.78 is 27.5. The third-order valence-electron chi connectivity index (χ3n) is 4.38. The summed E-state index contributed by atoms with van der Waals surface area (Å²) in [5.74, 6) is -0.240. The molecule has 1 aliphatic heterocycles. The third kappa shape index (κ3) is 2.56. The van der Waals surface area contributed by atoms with Gasteiger partial charge in [-0.05, 0) is 44.0 Å². The van der Waals surface area contributed by atoms with Crippen molar-refractivity contribution < 1.29 is 13.9 Å². The van der Waals surface area contributed by atoms with Gasteiger partial charge in [0.15, 0.2) is 0 Å². The summed E-state index contributed by atoms with van der Waals surface area (Å²) in [4.78, 5) is 5.35. The molecule has 1 aromatic carbocycles. The maximum Gasteiger partial charge on any atom is 0.143 e. The zero-order valence-electron chi connectivity index (χ0n) is 12.3. The minimum absolute atomic E-state index is 0.0193. The first-order valence-electron chi connectivity index (χ1n) is 7.25. The molecule has 0 radical (unpaired) electrons. The van der Waals surface area contributed by atoms with Gasteiger partial charge in [-0.15, -0.1) is 0 Å². The Morgan fingerprint density at radius 2 is 2.24 bits per heavy atom. The van der Waals surface area contributed by atoms with Crippen molar-refractivity contribution in [3.63, 3.8) is 0 Å². The second kappa shape index (κ2) is 5.07. The summed E-state index contributed by atoms with van der Waals surface area (Å²) in [5.41, 5.74) is 1.46. The standard InChI is InChI=1S/C16H20F2N2O/c1-10-15-12(5-6-20(10)8-16(2,18)9-21)13-7-11(17)3-4-14(13)19-15/h3-4,7,10,19,21H,5-6,8-9H2,1-2H3. The van der Waals surface area contributed by atoms with E-state index in [2.05, 4.69) is 4.98 Å². The van der Waals surface area contributed by atoms with E-state index in [1.54, 1.807) is 12.1 Å². The molecule has 0 aliphatic carbocycles. The number of aliphatic hydroxyl groups is 1. The van der Waals surface area contributed by atoms with Crippen molar-refractivity contribution in [1.29, 1.82) is 0 Å². The fourth-order valence-electron chi connectivity index (χ4n) is 3.19. The molecule has 2 heterocycles. The number of rotatable bonds is 3. The summed E-state index contributed by atoms with van der Waals surface area (Å²) in [6.07, 6.45) is 0.755. The average Bonchev–Trinajstić information content (AvgIpc) is 2.81. The maximum absolute atomic E-state index is 14.1. The molecule has 0 spiro atoms. The highest BCUT2D eigenvalue weighted by molar-refractivity contribution is 5.85. The number of alkyl halides is 1. The van der Waals surface area contributed by atoms with E-state index in [1.807, 2.05) is 11.8 Å². The van der Waals surface area contributed by atoms with E-state index >= 15 is 0 Å². The number of aromatic nitrogens is 1. The number of aromatic amines is 1. The molecule has 1 aliphatic rings. The molecule has 0 saturated heterocycles. The Bertz CT molecular complexity index is 666. The van der Waals surface area contributed by atoms with Crippen LogP contribution in [0.2, 0.25) is 0 Å². The van der Waals surface area contributed by atoms with Gasteiger partial charge in [0, 0.05) is 35.7 Å². The van der Waals surface area contributed by atoms with Crippen LogP contribution in [-0.4, -0.2) is 40.4 Å². The largest absolute Gasteiger partial charge is 0.393 e. The Kier molecular flexibility index (Phi) is 3.50. The van der Waals surface area contributed by atoms with Gasteiger partial charge in [0.2, 0.25) is 0 Å². The molecule has 3 rings (SSSR count). The van der Waals surface area contributed by atoms with E-state index in [0.717, 1.165) is 28.6 Å². The lowest BCUT2D eigenvalue weighted by molar-refractivity contribution is 0.0313. The van der Waals surface area contributed by atoms with Crippen LogP contribution in [0.25, 0.3) is 10.9 Å². The number of fused-ring (bicyclic) bond motifs is 3. The lowest BCUT2D eigenvalue weighted by Gasteiger charge is -2.36. The van der Waals surface area contributed by atoms with E-state index in [-0.39, 0.29) is 18.4 Å². The SMILES string of the molecule is CC1c2[nH]c3ccc(F)cc3c2CCN1CC(C)(F)CO. The summed E-state index contributed by atoms with van der Waals surface area (Å²) in [7, 11) is 0. The molecule has 21 heavy (non-hydrogen) atoms. The normalized spacial score (nSPS) is 22.2. The van der Waals surface area contributed by atoms with Crippen LogP contribution in [0.4, 0.5) is 8.78 Å². The molecule has 2 aromatic rings. The van der Waals surface area contributed by atoms with E-state index in [1.165, 1.54) is 13.0 Å². The van der Waals surface area contributed by atoms with E-state index in [4.69, 9.17) is 5.11 Å². The molecule has 0 saturated carbocycles. The fraction of sp³-hybridized carbons (Fsp3) is 0.500. The highest BCUT2D eigenvalue weighted by Crippen LogP contribution is 2.35. The molecule has 5 heteroatoms. The lowest BCUT2D eigenvalue weighted by Crippen LogP contribution is -2.44. The van der Waals surface area contributed by atoms with Gasteiger partial charge in [-0.2, -0.15) is 0 Å². The van der Waals surface area contributed by atoms with E-state index < -0.39 is 12.3 Å². The first-order valence-corrected chi connectivity index (χ1v) is 7.25. The van der Waals surface area contributed by atoms with Crippen LogP contribution in [-0.2, 0) is 6.42 Å². The van der Waals surface area contributed by atoms with Gasteiger partial charge in [-0.1, -0.05) is 0 Å². The predicted molar refractivity (Wildman–Crippen MR) is 78.5 cm³/mol. The second-order valence-corrected chi connectivity index (χ2v) is 6.18.